The Balaban J connectivity index is 2.57. The van der Waals surface area contributed by atoms with E-state index in [1.54, 1.807) is 0 Å². The number of aryl methyl sites for hydroxylation is 2. The van der Waals surface area contributed by atoms with E-state index in [0.29, 0.717) is 0 Å². The number of rotatable bonds is 3. The molecule has 1 unspecified atom stereocenters. The van der Waals surface area contributed by atoms with Crippen LogP contribution in [-0.2, 0) is 13.0 Å². The van der Waals surface area contributed by atoms with Crippen LogP contribution in [0.1, 0.15) is 25.1 Å². The van der Waals surface area contributed by atoms with Gasteiger partial charge in [-0.3, -0.25) is 0 Å². The molecule has 0 saturated carbocycles. The minimum absolute atomic E-state index is 0.282. The van der Waals surface area contributed by atoms with E-state index in [4.69, 9.17) is 0 Å². The number of fused-ring (bicyclic) bond motifs is 1. The van der Waals surface area contributed by atoms with E-state index in [0.717, 1.165) is 13.0 Å². The van der Waals surface area contributed by atoms with Crippen LogP contribution in [-0.4, -0.2) is 15.8 Å². The van der Waals surface area contributed by atoms with Gasteiger partial charge < -0.3 is 9.67 Å². The van der Waals surface area contributed by atoms with Crippen molar-refractivity contribution in [2.45, 2.75) is 39.8 Å². The Kier molecular flexibility index (Phi) is 3.01. The number of hydrogen-bond donors (Lipinski definition) is 1. The Bertz CT molecular complexity index is 497. The third-order valence-electron chi connectivity index (χ3n) is 2.97. The first kappa shape index (κ1) is 11.2. The Labute approximate surface area is 96.5 Å². The summed E-state index contributed by atoms with van der Waals surface area (Å²) in [4.78, 5) is 0. The molecular formula is C14H19NO. The van der Waals surface area contributed by atoms with Crippen LogP contribution in [0.5, 0.6) is 0 Å². The smallest absolute Gasteiger partial charge is 0.0566 e. The van der Waals surface area contributed by atoms with Crippen LogP contribution in [0, 0.1) is 6.92 Å². The van der Waals surface area contributed by atoms with Crippen molar-refractivity contribution in [1.82, 2.24) is 4.57 Å². The molecule has 1 aromatic heterocycles. The summed E-state index contributed by atoms with van der Waals surface area (Å²) in [6, 6.07) is 8.69. The quantitative estimate of drug-likeness (QED) is 0.840. The second-order valence-corrected chi connectivity index (χ2v) is 4.50. The fourth-order valence-corrected chi connectivity index (χ4v) is 2.27. The minimum Gasteiger partial charge on any atom is -0.393 e. The minimum atomic E-state index is -0.282. The second-order valence-electron chi connectivity index (χ2n) is 4.50. The number of hydrogen-bond acceptors (Lipinski definition) is 1. The topological polar surface area (TPSA) is 25.2 Å². The number of aliphatic hydroxyl groups is 1. The maximum atomic E-state index is 9.49. The number of aromatic nitrogens is 1. The van der Waals surface area contributed by atoms with Crippen molar-refractivity contribution >= 4 is 10.9 Å². The molecule has 2 rings (SSSR count). The van der Waals surface area contributed by atoms with E-state index in [9.17, 15) is 5.11 Å². The zero-order valence-electron chi connectivity index (χ0n) is 10.2. The van der Waals surface area contributed by atoms with Gasteiger partial charge in [-0.05, 0) is 43.9 Å². The van der Waals surface area contributed by atoms with Crippen molar-refractivity contribution in [3.8, 4) is 0 Å². The average Bonchev–Trinajstić information content (AvgIpc) is 2.53. The normalized spacial score (nSPS) is 13.2. The van der Waals surface area contributed by atoms with Gasteiger partial charge in [-0.2, -0.15) is 0 Å². The van der Waals surface area contributed by atoms with Gasteiger partial charge >= 0.3 is 0 Å². The van der Waals surface area contributed by atoms with Crippen molar-refractivity contribution in [3.05, 3.63) is 35.5 Å². The predicted octanol–water partition coefficient (Wildman–Crippen LogP) is 2.89. The molecule has 86 valence electrons. The fraction of sp³-hybridized carbons (Fsp3) is 0.429. The molecule has 0 radical (unpaired) electrons. The van der Waals surface area contributed by atoms with Gasteiger partial charge in [-0.25, -0.2) is 0 Å². The highest BCUT2D eigenvalue weighted by molar-refractivity contribution is 5.82. The lowest BCUT2D eigenvalue weighted by Crippen LogP contribution is -2.09. The molecule has 0 fully saturated rings. The molecule has 1 atom stereocenters. The molecule has 0 spiro atoms. The Morgan fingerprint density at radius 1 is 1.31 bits per heavy atom. The fourth-order valence-electron chi connectivity index (χ4n) is 2.27. The van der Waals surface area contributed by atoms with E-state index in [1.807, 2.05) is 6.92 Å². The predicted molar refractivity (Wildman–Crippen MR) is 67.7 cm³/mol. The lowest BCUT2D eigenvalue weighted by molar-refractivity contribution is 0.193. The highest BCUT2D eigenvalue weighted by atomic mass is 16.3. The van der Waals surface area contributed by atoms with Crippen molar-refractivity contribution < 1.29 is 5.11 Å². The summed E-state index contributed by atoms with van der Waals surface area (Å²) in [5.74, 6) is 0. The molecule has 2 heteroatoms. The maximum absolute atomic E-state index is 9.49. The summed E-state index contributed by atoms with van der Waals surface area (Å²) < 4.78 is 2.29. The molecule has 0 aliphatic rings. The van der Waals surface area contributed by atoms with E-state index in [2.05, 4.69) is 42.7 Å². The molecule has 0 bridgehead atoms. The summed E-state index contributed by atoms with van der Waals surface area (Å²) in [5.41, 5.74) is 3.78. The van der Waals surface area contributed by atoms with Gasteiger partial charge in [0.05, 0.1) is 6.10 Å². The van der Waals surface area contributed by atoms with E-state index in [-0.39, 0.29) is 6.10 Å². The summed E-state index contributed by atoms with van der Waals surface area (Å²) in [5, 5.41) is 10.8. The van der Waals surface area contributed by atoms with Crippen LogP contribution in [0.2, 0.25) is 0 Å². The second kappa shape index (κ2) is 4.30. The van der Waals surface area contributed by atoms with Crippen LogP contribution in [0.3, 0.4) is 0 Å². The molecule has 0 amide bonds. The highest BCUT2D eigenvalue weighted by Gasteiger charge is 2.09. The summed E-state index contributed by atoms with van der Waals surface area (Å²) >= 11 is 0. The summed E-state index contributed by atoms with van der Waals surface area (Å²) in [7, 11) is 0. The van der Waals surface area contributed by atoms with Crippen molar-refractivity contribution in [1.29, 1.82) is 0 Å². The number of benzene rings is 1. The molecule has 0 aliphatic heterocycles. The average molecular weight is 217 g/mol. The van der Waals surface area contributed by atoms with E-state index < -0.39 is 0 Å². The van der Waals surface area contributed by atoms with Gasteiger partial charge in [-0.15, -0.1) is 0 Å². The van der Waals surface area contributed by atoms with Crippen molar-refractivity contribution in [3.63, 3.8) is 0 Å². The standard InChI is InChI=1S/C14H19NO/c1-4-15-13(8-11(3)16)9-12-6-5-10(2)7-14(12)15/h5-7,9,11,16H,4,8H2,1-3H3. The van der Waals surface area contributed by atoms with E-state index >= 15 is 0 Å². The summed E-state index contributed by atoms with van der Waals surface area (Å²) in [6.07, 6.45) is 0.442. The van der Waals surface area contributed by atoms with Gasteiger partial charge in [-0.1, -0.05) is 12.1 Å². The third-order valence-corrected chi connectivity index (χ3v) is 2.97. The van der Waals surface area contributed by atoms with Crippen LogP contribution < -0.4 is 0 Å². The number of aliphatic hydroxyl groups excluding tert-OH is 1. The molecule has 16 heavy (non-hydrogen) atoms. The van der Waals surface area contributed by atoms with Crippen molar-refractivity contribution in [2.24, 2.45) is 0 Å². The zero-order valence-corrected chi connectivity index (χ0v) is 10.2. The van der Waals surface area contributed by atoms with Gasteiger partial charge in [0.2, 0.25) is 0 Å². The molecule has 1 aromatic carbocycles. The maximum Gasteiger partial charge on any atom is 0.0566 e. The van der Waals surface area contributed by atoms with E-state index in [1.165, 1.54) is 22.2 Å². The molecule has 1 heterocycles. The monoisotopic (exact) mass is 217 g/mol. The molecule has 2 aromatic rings. The Morgan fingerprint density at radius 2 is 2.06 bits per heavy atom. The SMILES string of the molecule is CCn1c(CC(C)O)cc2ccc(C)cc21. The lowest BCUT2D eigenvalue weighted by atomic mass is 10.2. The van der Waals surface area contributed by atoms with Gasteiger partial charge in [0.15, 0.2) is 0 Å². The first-order valence-electron chi connectivity index (χ1n) is 5.88. The first-order chi connectivity index (χ1) is 7.61. The van der Waals surface area contributed by atoms with Crippen molar-refractivity contribution in [2.75, 3.05) is 0 Å². The molecular weight excluding hydrogens is 198 g/mol. The molecule has 2 nitrogen and oxygen atoms in total. The van der Waals surface area contributed by atoms with Gasteiger partial charge in [0, 0.05) is 24.2 Å². The van der Waals surface area contributed by atoms with Gasteiger partial charge in [0.1, 0.15) is 0 Å². The zero-order chi connectivity index (χ0) is 11.7. The van der Waals surface area contributed by atoms with Crippen LogP contribution in [0.25, 0.3) is 10.9 Å². The molecule has 1 N–H and O–H groups in total. The Morgan fingerprint density at radius 3 is 2.69 bits per heavy atom. The van der Waals surface area contributed by atoms with Crippen LogP contribution in [0.15, 0.2) is 24.3 Å². The third kappa shape index (κ3) is 1.98. The molecule has 0 saturated heterocycles. The largest absolute Gasteiger partial charge is 0.393 e. The first-order valence-corrected chi connectivity index (χ1v) is 5.88. The summed E-state index contributed by atoms with van der Waals surface area (Å²) in [6.45, 7) is 7.05. The van der Waals surface area contributed by atoms with Crippen LogP contribution >= 0.6 is 0 Å². The van der Waals surface area contributed by atoms with Gasteiger partial charge in [0.25, 0.3) is 0 Å². The highest BCUT2D eigenvalue weighted by Crippen LogP contribution is 2.22. The van der Waals surface area contributed by atoms with Crippen LogP contribution in [0.4, 0.5) is 0 Å². The molecule has 0 aliphatic carbocycles. The Hall–Kier alpha value is -1.28. The number of nitrogens with zero attached hydrogens (tertiary/aromatic N) is 1. The lowest BCUT2D eigenvalue weighted by Gasteiger charge is -2.09.